The molecular weight excluding hydrogens is 350 g/mol. The van der Waals surface area contributed by atoms with Gasteiger partial charge in [-0.3, -0.25) is 9.52 Å². The number of sulfonamides is 1. The second kappa shape index (κ2) is 8.69. The number of hydrogen-bond acceptors (Lipinski definition) is 4. The van der Waals surface area contributed by atoms with Crippen molar-refractivity contribution in [3.8, 4) is 0 Å². The number of carbonyl (C=O) groups excluding carboxylic acids is 1. The van der Waals surface area contributed by atoms with Gasteiger partial charge in [0.25, 0.3) is 0 Å². The molecule has 136 valence electrons. The van der Waals surface area contributed by atoms with Crippen molar-refractivity contribution in [3.63, 3.8) is 0 Å². The summed E-state index contributed by atoms with van der Waals surface area (Å²) in [6.45, 7) is 3.93. The number of carbonyl (C=O) groups is 1. The summed E-state index contributed by atoms with van der Waals surface area (Å²) >= 11 is 0. The number of anilines is 2. The van der Waals surface area contributed by atoms with Crippen molar-refractivity contribution in [2.75, 3.05) is 22.3 Å². The third kappa shape index (κ3) is 5.09. The number of benzene rings is 1. The zero-order valence-electron chi connectivity index (χ0n) is 14.0. The third-order valence-electron chi connectivity index (χ3n) is 4.44. The van der Waals surface area contributed by atoms with Gasteiger partial charge in [0.15, 0.2) is 0 Å². The largest absolute Gasteiger partial charge is 0.330 e. The van der Waals surface area contributed by atoms with E-state index in [1.807, 2.05) is 0 Å². The number of halogens is 1. The van der Waals surface area contributed by atoms with Crippen LogP contribution in [0.5, 0.6) is 0 Å². The molecule has 24 heavy (non-hydrogen) atoms. The van der Waals surface area contributed by atoms with E-state index in [9.17, 15) is 13.2 Å². The molecular formula is C16H26ClN3O3S. The van der Waals surface area contributed by atoms with E-state index in [0.717, 1.165) is 24.8 Å². The van der Waals surface area contributed by atoms with E-state index in [2.05, 4.69) is 10.0 Å². The lowest BCUT2D eigenvalue weighted by Crippen LogP contribution is -2.29. The van der Waals surface area contributed by atoms with E-state index >= 15 is 0 Å². The number of aryl methyl sites for hydroxylation is 1. The minimum atomic E-state index is -3.31. The van der Waals surface area contributed by atoms with Crippen molar-refractivity contribution in [2.45, 2.75) is 33.1 Å². The molecule has 1 aromatic carbocycles. The number of nitrogens with one attached hydrogen (secondary N) is 2. The number of amides is 1. The molecule has 1 aliphatic carbocycles. The van der Waals surface area contributed by atoms with E-state index in [1.165, 1.54) is 0 Å². The molecule has 8 heteroatoms. The first-order valence-electron chi connectivity index (χ1n) is 7.98. The van der Waals surface area contributed by atoms with E-state index in [0.29, 0.717) is 17.9 Å². The average molecular weight is 376 g/mol. The normalized spacial score (nSPS) is 20.3. The Bertz CT molecular complexity index is 679. The molecule has 1 aromatic rings. The summed E-state index contributed by atoms with van der Waals surface area (Å²) in [4.78, 5) is 12.4. The lowest BCUT2D eigenvalue weighted by atomic mass is 9.95. The van der Waals surface area contributed by atoms with Gasteiger partial charge in [0, 0.05) is 11.6 Å². The van der Waals surface area contributed by atoms with E-state index < -0.39 is 10.0 Å². The average Bonchev–Trinajstić information content (AvgIpc) is 2.98. The zero-order chi connectivity index (χ0) is 17.0. The number of hydrogen-bond donors (Lipinski definition) is 3. The fourth-order valence-corrected chi connectivity index (χ4v) is 3.70. The predicted molar refractivity (Wildman–Crippen MR) is 100 cm³/mol. The molecule has 1 saturated carbocycles. The SMILES string of the molecule is CCS(=O)(=O)Nc1ccc(NC(=O)[C@@H]2CCC[C@@H]2CN)cc1C.Cl. The first-order valence-corrected chi connectivity index (χ1v) is 9.63. The van der Waals surface area contributed by atoms with Crippen LogP contribution in [0, 0.1) is 18.8 Å². The van der Waals surface area contributed by atoms with Gasteiger partial charge in [0.1, 0.15) is 0 Å². The fraction of sp³-hybridized carbons (Fsp3) is 0.562. The maximum absolute atomic E-state index is 12.4. The van der Waals surface area contributed by atoms with Crippen molar-refractivity contribution in [2.24, 2.45) is 17.6 Å². The van der Waals surface area contributed by atoms with Gasteiger partial charge >= 0.3 is 0 Å². The molecule has 2 rings (SSSR count). The van der Waals surface area contributed by atoms with E-state index in [-0.39, 0.29) is 35.9 Å². The summed E-state index contributed by atoms with van der Waals surface area (Å²) in [6, 6.07) is 5.16. The second-order valence-electron chi connectivity index (χ2n) is 6.06. The van der Waals surface area contributed by atoms with Gasteiger partial charge in [-0.2, -0.15) is 0 Å². The summed E-state index contributed by atoms with van der Waals surface area (Å²) in [5, 5.41) is 2.92. The lowest BCUT2D eigenvalue weighted by molar-refractivity contribution is -0.120. The molecule has 4 N–H and O–H groups in total. The lowest BCUT2D eigenvalue weighted by Gasteiger charge is -2.18. The summed E-state index contributed by atoms with van der Waals surface area (Å²) in [7, 11) is -3.31. The summed E-state index contributed by atoms with van der Waals surface area (Å²) in [6.07, 6.45) is 2.92. The van der Waals surface area contributed by atoms with Gasteiger partial charge in [-0.15, -0.1) is 12.4 Å². The number of rotatable bonds is 6. The van der Waals surface area contributed by atoms with Crippen LogP contribution in [-0.2, 0) is 14.8 Å². The Morgan fingerprint density at radius 2 is 2.04 bits per heavy atom. The minimum absolute atomic E-state index is 0. The Labute approximate surface area is 150 Å². The molecule has 0 aromatic heterocycles. The summed E-state index contributed by atoms with van der Waals surface area (Å²) in [5.41, 5.74) is 7.70. The van der Waals surface area contributed by atoms with Crippen molar-refractivity contribution < 1.29 is 13.2 Å². The molecule has 0 unspecified atom stereocenters. The standard InChI is InChI=1S/C16H25N3O3S.ClH/c1-3-23(21,22)19-15-8-7-13(9-11(15)2)18-16(20)14-6-4-5-12(14)10-17;/h7-9,12,14,19H,3-6,10,17H2,1-2H3,(H,18,20);1H/t12-,14-;/m1./s1. The molecule has 1 fully saturated rings. The first kappa shape index (κ1) is 20.7. The topological polar surface area (TPSA) is 101 Å². The maximum atomic E-state index is 12.4. The molecule has 0 heterocycles. The molecule has 0 spiro atoms. The van der Waals surface area contributed by atoms with Crippen LogP contribution in [0.25, 0.3) is 0 Å². The molecule has 6 nitrogen and oxygen atoms in total. The zero-order valence-corrected chi connectivity index (χ0v) is 15.7. The molecule has 0 radical (unpaired) electrons. The Balaban J connectivity index is 0.00000288. The van der Waals surface area contributed by atoms with Crippen LogP contribution in [0.15, 0.2) is 18.2 Å². The Kier molecular flexibility index (Phi) is 7.51. The van der Waals surface area contributed by atoms with E-state index in [1.54, 1.807) is 32.0 Å². The third-order valence-corrected chi connectivity index (χ3v) is 5.73. The van der Waals surface area contributed by atoms with Crippen molar-refractivity contribution in [3.05, 3.63) is 23.8 Å². The maximum Gasteiger partial charge on any atom is 0.232 e. The number of nitrogens with two attached hydrogens (primary N) is 1. The Hall–Kier alpha value is -1.31. The molecule has 1 aliphatic rings. The van der Waals surface area contributed by atoms with Crippen LogP contribution in [0.4, 0.5) is 11.4 Å². The molecule has 0 bridgehead atoms. The quantitative estimate of drug-likeness (QED) is 0.710. The van der Waals surface area contributed by atoms with Gasteiger partial charge in [-0.05, 0) is 62.9 Å². The van der Waals surface area contributed by atoms with Gasteiger partial charge in [-0.1, -0.05) is 6.42 Å². The molecule has 0 saturated heterocycles. The van der Waals surface area contributed by atoms with Crippen molar-refractivity contribution in [1.29, 1.82) is 0 Å². The molecule has 2 atom stereocenters. The molecule has 0 aliphatic heterocycles. The highest BCUT2D eigenvalue weighted by Crippen LogP contribution is 2.32. The highest BCUT2D eigenvalue weighted by Gasteiger charge is 2.31. The fourth-order valence-electron chi connectivity index (χ4n) is 2.99. The minimum Gasteiger partial charge on any atom is -0.330 e. The first-order chi connectivity index (χ1) is 10.9. The Morgan fingerprint density at radius 1 is 1.33 bits per heavy atom. The summed E-state index contributed by atoms with van der Waals surface area (Å²) in [5.74, 6) is 0.247. The van der Waals surface area contributed by atoms with Crippen molar-refractivity contribution in [1.82, 2.24) is 0 Å². The van der Waals surface area contributed by atoms with Crippen LogP contribution in [-0.4, -0.2) is 26.6 Å². The van der Waals surface area contributed by atoms with Gasteiger partial charge < -0.3 is 11.1 Å². The van der Waals surface area contributed by atoms with Crippen LogP contribution in [0.3, 0.4) is 0 Å². The predicted octanol–water partition coefficient (Wildman–Crippen LogP) is 2.49. The monoisotopic (exact) mass is 375 g/mol. The van der Waals surface area contributed by atoms with Crippen LogP contribution in [0.2, 0.25) is 0 Å². The van der Waals surface area contributed by atoms with Crippen LogP contribution < -0.4 is 15.8 Å². The smallest absolute Gasteiger partial charge is 0.232 e. The molecule has 1 amide bonds. The van der Waals surface area contributed by atoms with Gasteiger partial charge in [0.2, 0.25) is 15.9 Å². The highest BCUT2D eigenvalue weighted by molar-refractivity contribution is 7.92. The van der Waals surface area contributed by atoms with Crippen LogP contribution >= 0.6 is 12.4 Å². The Morgan fingerprint density at radius 3 is 2.62 bits per heavy atom. The second-order valence-corrected chi connectivity index (χ2v) is 8.07. The summed E-state index contributed by atoms with van der Waals surface area (Å²) < 4.78 is 25.8. The van der Waals surface area contributed by atoms with Gasteiger partial charge in [-0.25, -0.2) is 8.42 Å². The van der Waals surface area contributed by atoms with Crippen molar-refractivity contribution >= 4 is 39.7 Å². The highest BCUT2D eigenvalue weighted by atomic mass is 35.5. The van der Waals surface area contributed by atoms with E-state index in [4.69, 9.17) is 5.73 Å². The van der Waals surface area contributed by atoms with Gasteiger partial charge in [0.05, 0.1) is 11.4 Å². The van der Waals surface area contributed by atoms with Crippen LogP contribution in [0.1, 0.15) is 31.7 Å².